The van der Waals surface area contributed by atoms with Gasteiger partial charge in [-0.25, -0.2) is 0 Å². The third kappa shape index (κ3) is 8.35. The first-order valence-electron chi connectivity index (χ1n) is 3.84. The molecule has 0 bridgehead atoms. The van der Waals surface area contributed by atoms with E-state index in [4.69, 9.17) is 4.74 Å². The van der Waals surface area contributed by atoms with E-state index in [1.54, 1.807) is 0 Å². The molecule has 0 radical (unpaired) electrons. The number of carbonyl (C=O) groups excluding carboxylic acids is 1. The third-order valence-electron chi connectivity index (χ3n) is 0.948. The second-order valence-electron chi connectivity index (χ2n) is 2.02. The van der Waals surface area contributed by atoms with Crippen LogP contribution in [0.3, 0.4) is 0 Å². The van der Waals surface area contributed by atoms with Crippen molar-refractivity contribution in [3.8, 4) is 0 Å². The summed E-state index contributed by atoms with van der Waals surface area (Å²) in [4.78, 5) is 10.6. The molecular formula is C8H14O2Se2. The second-order valence-corrected chi connectivity index (χ2v) is 9.86. The minimum absolute atomic E-state index is 0.297. The van der Waals surface area contributed by atoms with Gasteiger partial charge in [0.1, 0.15) is 0 Å². The van der Waals surface area contributed by atoms with Gasteiger partial charge in [-0.15, -0.1) is 0 Å². The summed E-state index contributed by atoms with van der Waals surface area (Å²) < 4.78 is 4.84. The van der Waals surface area contributed by atoms with Crippen LogP contribution in [0.15, 0.2) is 12.7 Å². The molecule has 0 amide bonds. The Hall–Kier alpha value is 0.249. The molecule has 12 heavy (non-hydrogen) atoms. The van der Waals surface area contributed by atoms with Gasteiger partial charge in [-0.2, -0.15) is 0 Å². The summed E-state index contributed by atoms with van der Waals surface area (Å²) in [6.07, 6.45) is 2.50. The van der Waals surface area contributed by atoms with Crippen LogP contribution in [0.4, 0.5) is 0 Å². The van der Waals surface area contributed by atoms with E-state index in [9.17, 15) is 4.79 Å². The Bertz CT molecular complexity index is 137. The Morgan fingerprint density at radius 1 is 1.50 bits per heavy atom. The van der Waals surface area contributed by atoms with E-state index in [0.29, 0.717) is 19.7 Å². The molecule has 0 aliphatic rings. The van der Waals surface area contributed by atoms with Crippen LogP contribution in [0.2, 0.25) is 10.6 Å². The van der Waals surface area contributed by atoms with Crippen LogP contribution in [0, 0.1) is 0 Å². The van der Waals surface area contributed by atoms with E-state index >= 15 is 0 Å². The first-order valence-corrected chi connectivity index (χ1v) is 10.6. The number of ether oxygens (including phenoxy) is 1. The van der Waals surface area contributed by atoms with Crippen LogP contribution in [0.1, 0.15) is 13.3 Å². The first kappa shape index (κ1) is 12.2. The van der Waals surface area contributed by atoms with Crippen molar-refractivity contribution < 1.29 is 9.53 Å². The average Bonchev–Trinajstić information content (AvgIpc) is 2.10. The molecule has 0 rings (SSSR count). The Balaban J connectivity index is 3.00. The molecule has 0 saturated carbocycles. The minimum atomic E-state index is -0.297. The van der Waals surface area contributed by atoms with Crippen molar-refractivity contribution in [2.75, 3.05) is 6.61 Å². The zero-order valence-electron chi connectivity index (χ0n) is 7.25. The zero-order valence-corrected chi connectivity index (χ0v) is 10.7. The first-order chi connectivity index (χ1) is 5.81. The van der Waals surface area contributed by atoms with E-state index in [1.807, 2.05) is 0 Å². The Kier molecular flexibility index (Phi) is 9.53. The van der Waals surface area contributed by atoms with E-state index in [2.05, 4.69) is 13.5 Å². The summed E-state index contributed by atoms with van der Waals surface area (Å²) in [6.45, 7) is 6.11. The molecule has 0 aromatic heterocycles. The molecule has 70 valence electrons. The van der Waals surface area contributed by atoms with Crippen molar-refractivity contribution in [2.45, 2.75) is 24.0 Å². The van der Waals surface area contributed by atoms with Crippen LogP contribution in [0.25, 0.3) is 0 Å². The maximum atomic E-state index is 10.6. The van der Waals surface area contributed by atoms with E-state index in [1.165, 1.54) is 17.8 Å². The molecule has 0 aliphatic heterocycles. The van der Waals surface area contributed by atoms with E-state index < -0.39 is 0 Å². The maximum absolute atomic E-state index is 10.6. The van der Waals surface area contributed by atoms with Gasteiger partial charge < -0.3 is 0 Å². The summed E-state index contributed by atoms with van der Waals surface area (Å²) in [5.74, 6) is -0.297. The van der Waals surface area contributed by atoms with Gasteiger partial charge in [-0.3, -0.25) is 0 Å². The van der Waals surface area contributed by atoms with Crippen molar-refractivity contribution in [3.63, 3.8) is 0 Å². The van der Waals surface area contributed by atoms with Gasteiger partial charge in [-0.05, 0) is 0 Å². The predicted molar refractivity (Wildman–Crippen MR) is 52.6 cm³/mol. The van der Waals surface area contributed by atoms with Crippen LogP contribution >= 0.6 is 0 Å². The quantitative estimate of drug-likeness (QED) is 0.306. The molecule has 2 nitrogen and oxygen atoms in total. The summed E-state index contributed by atoms with van der Waals surface area (Å²) in [6, 6.07) is 0. The van der Waals surface area contributed by atoms with Crippen LogP contribution in [-0.2, 0) is 9.53 Å². The number of esters is 1. The molecule has 0 aliphatic carbocycles. The van der Waals surface area contributed by atoms with Gasteiger partial charge in [0, 0.05) is 0 Å². The molecule has 0 aromatic carbocycles. The second kappa shape index (κ2) is 9.34. The van der Waals surface area contributed by atoms with Crippen LogP contribution in [-0.4, -0.2) is 38.8 Å². The van der Waals surface area contributed by atoms with Gasteiger partial charge in [0.2, 0.25) is 0 Å². The van der Waals surface area contributed by atoms with Crippen molar-refractivity contribution in [1.29, 1.82) is 0 Å². The summed E-state index contributed by atoms with van der Waals surface area (Å²) >= 11 is 1.52. The third-order valence-corrected chi connectivity index (χ3v) is 8.65. The molecule has 0 heterocycles. The van der Waals surface area contributed by atoms with Gasteiger partial charge in [-0.1, -0.05) is 0 Å². The molecule has 0 saturated heterocycles. The summed E-state index contributed by atoms with van der Waals surface area (Å²) in [5, 5.41) is 2.43. The fourth-order valence-corrected chi connectivity index (χ4v) is 6.73. The van der Waals surface area contributed by atoms with Gasteiger partial charge in [0.25, 0.3) is 0 Å². The SMILES string of the molecule is C=CC(=O)OCC[Se][Se]CCC. The molecule has 0 fully saturated rings. The van der Waals surface area contributed by atoms with Crippen molar-refractivity contribution in [2.24, 2.45) is 0 Å². The van der Waals surface area contributed by atoms with E-state index in [0.717, 1.165) is 18.5 Å². The number of carbonyl (C=O) groups is 1. The zero-order chi connectivity index (χ0) is 9.23. The molecular weight excluding hydrogens is 286 g/mol. The molecule has 0 aromatic rings. The fraction of sp³-hybridized carbons (Fsp3) is 0.625. The normalized spacial score (nSPS) is 9.42. The fourth-order valence-electron chi connectivity index (χ4n) is 0.436. The molecule has 4 heteroatoms. The Morgan fingerprint density at radius 3 is 2.75 bits per heavy atom. The average molecular weight is 300 g/mol. The van der Waals surface area contributed by atoms with Crippen molar-refractivity contribution in [1.82, 2.24) is 0 Å². The van der Waals surface area contributed by atoms with Crippen molar-refractivity contribution in [3.05, 3.63) is 12.7 Å². The molecule has 0 spiro atoms. The number of hydrogen-bond donors (Lipinski definition) is 0. The van der Waals surface area contributed by atoms with Crippen molar-refractivity contribution >= 4 is 32.2 Å². The summed E-state index contributed by atoms with van der Waals surface area (Å²) in [5.41, 5.74) is 0. The monoisotopic (exact) mass is 302 g/mol. The van der Waals surface area contributed by atoms with E-state index in [-0.39, 0.29) is 5.97 Å². The number of hydrogen-bond acceptors (Lipinski definition) is 2. The standard InChI is InChI=1S/C8H14O2Se2/c1-3-6-11-12-7-5-10-8(9)4-2/h4H,2-3,5-7H2,1H3. The molecule has 0 unspecified atom stereocenters. The van der Waals surface area contributed by atoms with Gasteiger partial charge in [0.05, 0.1) is 0 Å². The summed E-state index contributed by atoms with van der Waals surface area (Å²) in [7, 11) is 0. The predicted octanol–water partition coefficient (Wildman–Crippen LogP) is 1.29. The Labute approximate surface area is 85.0 Å². The topological polar surface area (TPSA) is 26.3 Å². The van der Waals surface area contributed by atoms with Crippen LogP contribution < -0.4 is 0 Å². The van der Waals surface area contributed by atoms with Crippen LogP contribution in [0.5, 0.6) is 0 Å². The number of rotatable bonds is 7. The van der Waals surface area contributed by atoms with Gasteiger partial charge >= 0.3 is 85.0 Å². The molecule has 0 atom stereocenters. The Morgan fingerprint density at radius 2 is 2.17 bits per heavy atom. The van der Waals surface area contributed by atoms with Gasteiger partial charge in [0.15, 0.2) is 0 Å². The molecule has 0 N–H and O–H groups in total.